The Balaban J connectivity index is 0.000000301. The van der Waals surface area contributed by atoms with Gasteiger partial charge in [0.2, 0.25) is 0 Å². The number of hydrogen-bond acceptors (Lipinski definition) is 5. The number of hydrogen-bond donors (Lipinski definition) is 2. The van der Waals surface area contributed by atoms with Crippen molar-refractivity contribution in [3.63, 3.8) is 0 Å². The van der Waals surface area contributed by atoms with E-state index in [2.05, 4.69) is 41.1 Å². The summed E-state index contributed by atoms with van der Waals surface area (Å²) in [6, 6.07) is 12.4. The van der Waals surface area contributed by atoms with Crippen LogP contribution in [-0.4, -0.2) is 81.4 Å². The zero-order valence-corrected chi connectivity index (χ0v) is 20.0. The topological polar surface area (TPSA) is 111 Å². The van der Waals surface area contributed by atoms with E-state index in [-0.39, 0.29) is 5.91 Å². The Morgan fingerprint density at radius 3 is 1.63 bits per heavy atom. The number of benzene rings is 1. The maximum atomic E-state index is 12.6. The minimum Gasteiger partial charge on any atom is -0.475 e. The Kier molecular flexibility index (Phi) is 10.2. The number of aromatic nitrogens is 1. The molecule has 0 aliphatic carbocycles. The van der Waals surface area contributed by atoms with Crippen LogP contribution in [-0.2, 0) is 16.1 Å². The van der Waals surface area contributed by atoms with E-state index in [0.29, 0.717) is 11.8 Å². The summed E-state index contributed by atoms with van der Waals surface area (Å²) in [4.78, 5) is 38.9. The second kappa shape index (κ2) is 12.7. The van der Waals surface area contributed by atoms with E-state index in [4.69, 9.17) is 19.8 Å². The van der Waals surface area contributed by atoms with Gasteiger partial charge >= 0.3 is 24.3 Å². The van der Waals surface area contributed by atoms with Gasteiger partial charge in [-0.15, -0.1) is 0 Å². The number of alkyl halides is 6. The van der Waals surface area contributed by atoms with E-state index in [1.54, 1.807) is 24.5 Å². The van der Waals surface area contributed by atoms with E-state index in [1.165, 1.54) is 11.1 Å². The number of nitrogens with zero attached hydrogens (tertiary/aromatic N) is 3. The van der Waals surface area contributed by atoms with Crippen molar-refractivity contribution in [2.24, 2.45) is 11.8 Å². The Bertz CT molecular complexity index is 1060. The van der Waals surface area contributed by atoms with Gasteiger partial charge in [0.1, 0.15) is 0 Å². The fourth-order valence-corrected chi connectivity index (χ4v) is 4.01. The zero-order chi connectivity index (χ0) is 28.7. The van der Waals surface area contributed by atoms with Crippen molar-refractivity contribution >= 4 is 17.8 Å². The van der Waals surface area contributed by atoms with E-state index in [0.717, 1.165) is 38.3 Å². The van der Waals surface area contributed by atoms with Crippen LogP contribution < -0.4 is 0 Å². The summed E-state index contributed by atoms with van der Waals surface area (Å²) in [5.74, 6) is -4.14. The van der Waals surface area contributed by atoms with Gasteiger partial charge in [0, 0.05) is 50.7 Å². The van der Waals surface area contributed by atoms with Gasteiger partial charge in [-0.2, -0.15) is 26.3 Å². The van der Waals surface area contributed by atoms with Crippen molar-refractivity contribution in [1.29, 1.82) is 0 Å². The van der Waals surface area contributed by atoms with Gasteiger partial charge in [-0.1, -0.05) is 29.8 Å². The molecule has 2 N–H and O–H groups in total. The highest BCUT2D eigenvalue weighted by atomic mass is 19.4. The molecule has 3 heterocycles. The monoisotopic (exact) mass is 549 g/mol. The van der Waals surface area contributed by atoms with E-state index in [9.17, 15) is 31.1 Å². The fraction of sp³-hybridized carbons (Fsp3) is 0.417. The van der Waals surface area contributed by atoms with E-state index < -0.39 is 24.3 Å². The first-order valence-electron chi connectivity index (χ1n) is 11.1. The summed E-state index contributed by atoms with van der Waals surface area (Å²) < 4.78 is 63.5. The number of carboxylic acids is 2. The maximum absolute atomic E-state index is 12.6. The molecule has 2 aliphatic rings. The van der Waals surface area contributed by atoms with Crippen LogP contribution in [0.1, 0.15) is 21.5 Å². The molecule has 4 rings (SSSR count). The average Bonchev–Trinajstić information content (AvgIpc) is 3.39. The summed E-state index contributed by atoms with van der Waals surface area (Å²) in [5, 5.41) is 14.2. The predicted octanol–water partition coefficient (Wildman–Crippen LogP) is 3.86. The van der Waals surface area contributed by atoms with E-state index in [1.807, 2.05) is 4.90 Å². The third-order valence-corrected chi connectivity index (χ3v) is 5.79. The molecule has 2 atom stereocenters. The number of likely N-dealkylation sites (tertiary alicyclic amines) is 2. The molecule has 2 fully saturated rings. The van der Waals surface area contributed by atoms with Crippen molar-refractivity contribution in [2.75, 3.05) is 26.2 Å². The molecule has 38 heavy (non-hydrogen) atoms. The van der Waals surface area contributed by atoms with Crippen LogP contribution in [0.4, 0.5) is 26.3 Å². The molecule has 0 spiro atoms. The van der Waals surface area contributed by atoms with Crippen molar-refractivity contribution in [2.45, 2.75) is 25.8 Å². The number of rotatable bonds is 3. The lowest BCUT2D eigenvalue weighted by molar-refractivity contribution is -0.193. The highest BCUT2D eigenvalue weighted by molar-refractivity contribution is 5.94. The summed E-state index contributed by atoms with van der Waals surface area (Å²) in [6.45, 7) is 7.10. The summed E-state index contributed by atoms with van der Waals surface area (Å²) >= 11 is 0. The third kappa shape index (κ3) is 9.32. The molecule has 2 aliphatic heterocycles. The second-order valence-corrected chi connectivity index (χ2v) is 8.75. The van der Waals surface area contributed by atoms with Gasteiger partial charge in [0.05, 0.1) is 0 Å². The molecule has 0 bridgehead atoms. The Morgan fingerprint density at radius 1 is 0.816 bits per heavy atom. The molecular weight excluding hydrogens is 524 g/mol. The molecule has 8 nitrogen and oxygen atoms in total. The largest absolute Gasteiger partial charge is 0.490 e. The summed E-state index contributed by atoms with van der Waals surface area (Å²) in [7, 11) is 0. The Hall–Kier alpha value is -3.68. The lowest BCUT2D eigenvalue weighted by atomic mass is 10.0. The highest BCUT2D eigenvalue weighted by Crippen LogP contribution is 2.32. The van der Waals surface area contributed by atoms with E-state index >= 15 is 0 Å². The highest BCUT2D eigenvalue weighted by Gasteiger charge is 2.41. The quantitative estimate of drug-likeness (QED) is 0.560. The second-order valence-electron chi connectivity index (χ2n) is 8.75. The Labute approximate surface area is 213 Å². The van der Waals surface area contributed by atoms with Crippen LogP contribution in [0, 0.1) is 18.8 Å². The van der Waals surface area contributed by atoms with Crippen molar-refractivity contribution in [1.82, 2.24) is 14.8 Å². The normalized spacial score (nSPS) is 19.0. The molecule has 0 unspecified atom stereocenters. The molecule has 0 radical (unpaired) electrons. The number of fused-ring (bicyclic) bond motifs is 1. The third-order valence-electron chi connectivity index (χ3n) is 5.79. The summed E-state index contributed by atoms with van der Waals surface area (Å²) in [5.41, 5.74) is 3.44. The zero-order valence-electron chi connectivity index (χ0n) is 20.0. The SMILES string of the molecule is Cc1ccc(CN2C[C@@H]3CN(C(=O)c4ccncc4)C[C@@H]3C2)cc1.O=C(O)C(F)(F)F.O=C(O)C(F)(F)F. The molecule has 2 aromatic rings. The molecule has 1 aromatic heterocycles. The molecule has 208 valence electrons. The van der Waals surface area contributed by atoms with Crippen LogP contribution in [0.2, 0.25) is 0 Å². The number of halogens is 6. The van der Waals surface area contributed by atoms with Crippen LogP contribution in [0.15, 0.2) is 48.8 Å². The van der Waals surface area contributed by atoms with Gasteiger partial charge in [0.25, 0.3) is 5.91 Å². The standard InChI is InChI=1S/C20H23N3O.2C2HF3O2/c1-15-2-4-16(5-3-15)10-22-11-18-13-23(14-19(18)12-22)20(24)17-6-8-21-9-7-17;2*3-2(4,5)1(6)7/h2-9,18-19H,10-14H2,1H3;2*(H,6,7)/t18-,19+;;. The number of amides is 1. The van der Waals surface area contributed by atoms with Crippen LogP contribution in [0.5, 0.6) is 0 Å². The number of aliphatic carboxylic acids is 2. The maximum Gasteiger partial charge on any atom is 0.490 e. The minimum atomic E-state index is -5.08. The number of carbonyl (C=O) groups is 3. The number of carbonyl (C=O) groups excluding carboxylic acids is 1. The first kappa shape index (κ1) is 30.5. The summed E-state index contributed by atoms with van der Waals surface area (Å²) in [6.07, 6.45) is -6.79. The van der Waals surface area contributed by atoms with Crippen molar-refractivity contribution in [3.05, 3.63) is 65.5 Å². The van der Waals surface area contributed by atoms with Crippen molar-refractivity contribution < 1.29 is 50.9 Å². The minimum absolute atomic E-state index is 0.150. The molecule has 2 saturated heterocycles. The van der Waals surface area contributed by atoms with Gasteiger partial charge in [0.15, 0.2) is 0 Å². The number of pyridine rings is 1. The smallest absolute Gasteiger partial charge is 0.475 e. The molecule has 1 amide bonds. The number of aryl methyl sites for hydroxylation is 1. The molecule has 0 saturated carbocycles. The lowest BCUT2D eigenvalue weighted by Crippen LogP contribution is -2.33. The van der Waals surface area contributed by atoms with Gasteiger partial charge in [-0.3, -0.25) is 14.7 Å². The van der Waals surface area contributed by atoms with Crippen LogP contribution >= 0.6 is 0 Å². The fourth-order valence-electron chi connectivity index (χ4n) is 4.01. The predicted molar refractivity (Wildman–Crippen MR) is 121 cm³/mol. The molecular formula is C24H25F6N3O5. The van der Waals surface area contributed by atoms with Crippen molar-refractivity contribution in [3.8, 4) is 0 Å². The van der Waals surface area contributed by atoms with Crippen LogP contribution in [0.3, 0.4) is 0 Å². The Morgan fingerprint density at radius 2 is 1.24 bits per heavy atom. The number of carboxylic acid groups (broad SMARTS) is 2. The first-order chi connectivity index (χ1) is 17.6. The van der Waals surface area contributed by atoms with Gasteiger partial charge in [-0.05, 0) is 36.5 Å². The van der Waals surface area contributed by atoms with Gasteiger partial charge in [-0.25, -0.2) is 9.59 Å². The van der Waals surface area contributed by atoms with Crippen LogP contribution in [0.25, 0.3) is 0 Å². The molecule has 1 aromatic carbocycles. The molecule has 14 heteroatoms. The lowest BCUT2D eigenvalue weighted by Gasteiger charge is -2.21. The first-order valence-corrected chi connectivity index (χ1v) is 11.1. The average molecular weight is 549 g/mol. The van der Waals surface area contributed by atoms with Gasteiger partial charge < -0.3 is 15.1 Å².